The molecule has 0 bridgehead atoms. The summed E-state index contributed by atoms with van der Waals surface area (Å²) in [5, 5.41) is 11.9. The number of nitriles is 1. The smallest absolute Gasteiger partial charge is 0.112 e. The largest absolute Gasteiger partial charge is 0.192 e. The van der Waals surface area contributed by atoms with Crippen molar-refractivity contribution >= 4 is 18.5 Å². The third kappa shape index (κ3) is 4.21. The lowest BCUT2D eigenvalue weighted by molar-refractivity contribution is 0.816. The molecular weight excluding hydrogens is 294 g/mol. The van der Waals surface area contributed by atoms with Gasteiger partial charge in [0.1, 0.15) is 8.07 Å². The first-order valence-electron chi connectivity index (χ1n) is 8.36. The van der Waals surface area contributed by atoms with Crippen LogP contribution >= 0.6 is 0 Å². The van der Waals surface area contributed by atoms with E-state index in [4.69, 9.17) is 5.26 Å². The van der Waals surface area contributed by atoms with E-state index in [9.17, 15) is 0 Å². The molecule has 118 valence electrons. The van der Waals surface area contributed by atoms with Gasteiger partial charge in [-0.05, 0) is 24.1 Å². The molecule has 0 amide bonds. The van der Waals surface area contributed by atoms with E-state index >= 15 is 0 Å². The minimum atomic E-state index is -1.75. The molecule has 0 unspecified atom stereocenters. The summed E-state index contributed by atoms with van der Waals surface area (Å²) < 4.78 is 0. The Balaban J connectivity index is 2.45. The average molecular weight is 320 g/mol. The zero-order chi connectivity index (χ0) is 16.7. The van der Waals surface area contributed by atoms with Gasteiger partial charge in [-0.25, -0.2) is 0 Å². The zero-order valence-corrected chi connectivity index (χ0v) is 15.3. The van der Waals surface area contributed by atoms with E-state index in [1.54, 1.807) is 0 Å². The van der Waals surface area contributed by atoms with Gasteiger partial charge in [-0.1, -0.05) is 91.8 Å². The Hall–Kier alpha value is -2.11. The maximum absolute atomic E-state index is 9.02. The summed E-state index contributed by atoms with van der Waals surface area (Å²) in [5.74, 6) is 0. The van der Waals surface area contributed by atoms with E-state index in [0.29, 0.717) is 0 Å². The first-order valence-corrected chi connectivity index (χ1v) is 11.4. The van der Waals surface area contributed by atoms with Crippen LogP contribution in [0.4, 0.5) is 0 Å². The second-order valence-electron chi connectivity index (χ2n) is 6.44. The Kier molecular flexibility index (Phi) is 5.95. The highest BCUT2D eigenvalue weighted by Gasteiger charge is 2.28. The summed E-state index contributed by atoms with van der Waals surface area (Å²) in [6, 6.07) is 21.1. The van der Waals surface area contributed by atoms with Crippen LogP contribution in [0.25, 0.3) is 5.20 Å². The van der Waals surface area contributed by atoms with Crippen LogP contribution in [0.3, 0.4) is 0 Å². The maximum atomic E-state index is 9.02. The number of allylic oxidation sites excluding steroid dienone is 1. The monoisotopic (exact) mass is 319 g/mol. The van der Waals surface area contributed by atoms with Crippen molar-refractivity contribution in [3.63, 3.8) is 0 Å². The lowest BCUT2D eigenvalue weighted by atomic mass is 10.1. The number of hydrogen-bond donors (Lipinski definition) is 0. The van der Waals surface area contributed by atoms with E-state index in [2.05, 4.69) is 74.6 Å². The molecular formula is C21H25NSi. The predicted octanol–water partition coefficient (Wildman–Crippen LogP) is 5.29. The van der Waals surface area contributed by atoms with Crippen molar-refractivity contribution in [3.8, 4) is 6.07 Å². The Bertz CT molecular complexity index is 691. The van der Waals surface area contributed by atoms with Gasteiger partial charge in [-0.15, -0.1) is 0 Å². The van der Waals surface area contributed by atoms with Crippen molar-refractivity contribution < 1.29 is 0 Å². The van der Waals surface area contributed by atoms with Crippen LogP contribution in [0.15, 0.2) is 60.7 Å². The quantitative estimate of drug-likeness (QED) is 0.524. The number of nitrogens with zero attached hydrogens (tertiary/aromatic N) is 1. The SMILES string of the molecule is CCCC/C=C(\c1ccc(C#N)cc1)[Si](C)(C)c1ccccc1. The van der Waals surface area contributed by atoms with Gasteiger partial charge < -0.3 is 0 Å². The first-order chi connectivity index (χ1) is 11.1. The van der Waals surface area contributed by atoms with Crippen molar-refractivity contribution in [2.45, 2.75) is 39.3 Å². The minimum absolute atomic E-state index is 0.723. The van der Waals surface area contributed by atoms with Crippen molar-refractivity contribution in [2.75, 3.05) is 0 Å². The third-order valence-electron chi connectivity index (χ3n) is 4.40. The third-order valence-corrected chi connectivity index (χ3v) is 8.02. The summed E-state index contributed by atoms with van der Waals surface area (Å²) in [6.07, 6.45) is 5.99. The summed E-state index contributed by atoms with van der Waals surface area (Å²) in [7, 11) is -1.75. The molecule has 23 heavy (non-hydrogen) atoms. The predicted molar refractivity (Wildman–Crippen MR) is 102 cm³/mol. The van der Waals surface area contributed by atoms with E-state index in [1.807, 2.05) is 12.1 Å². The Morgan fingerprint density at radius 2 is 1.70 bits per heavy atom. The number of hydrogen-bond acceptors (Lipinski definition) is 1. The minimum Gasteiger partial charge on any atom is -0.192 e. The lowest BCUT2D eigenvalue weighted by Gasteiger charge is -2.27. The van der Waals surface area contributed by atoms with Crippen LogP contribution in [-0.2, 0) is 0 Å². The average Bonchev–Trinajstić information content (AvgIpc) is 2.59. The number of rotatable bonds is 6. The topological polar surface area (TPSA) is 23.8 Å². The Labute approximate surface area is 141 Å². The van der Waals surface area contributed by atoms with E-state index in [1.165, 1.54) is 28.8 Å². The maximum Gasteiger partial charge on any atom is 0.112 e. The van der Waals surface area contributed by atoms with E-state index in [-0.39, 0.29) is 0 Å². The van der Waals surface area contributed by atoms with E-state index < -0.39 is 8.07 Å². The van der Waals surface area contributed by atoms with Crippen LogP contribution in [0.5, 0.6) is 0 Å². The van der Waals surface area contributed by atoms with Gasteiger partial charge in [0.25, 0.3) is 0 Å². The molecule has 0 aliphatic carbocycles. The highest BCUT2D eigenvalue weighted by Crippen LogP contribution is 2.27. The summed E-state index contributed by atoms with van der Waals surface area (Å²) in [4.78, 5) is 0. The fraction of sp³-hybridized carbons (Fsp3) is 0.286. The molecule has 2 aromatic rings. The first kappa shape index (κ1) is 17.2. The lowest BCUT2D eigenvalue weighted by Crippen LogP contribution is -2.42. The molecule has 0 aliphatic rings. The normalized spacial score (nSPS) is 12.0. The van der Waals surface area contributed by atoms with Gasteiger partial charge in [-0.3, -0.25) is 0 Å². The summed E-state index contributed by atoms with van der Waals surface area (Å²) in [5.41, 5.74) is 1.99. The number of benzene rings is 2. The molecule has 0 spiro atoms. The Morgan fingerprint density at radius 1 is 1.04 bits per heavy atom. The molecule has 1 nitrogen and oxygen atoms in total. The molecule has 2 rings (SSSR count). The summed E-state index contributed by atoms with van der Waals surface area (Å²) >= 11 is 0. The van der Waals surface area contributed by atoms with Gasteiger partial charge in [-0.2, -0.15) is 5.26 Å². The number of unbranched alkanes of at least 4 members (excludes halogenated alkanes) is 2. The van der Waals surface area contributed by atoms with Crippen LogP contribution in [0.1, 0.15) is 37.3 Å². The second-order valence-corrected chi connectivity index (χ2v) is 10.8. The second kappa shape index (κ2) is 7.94. The molecule has 0 fully saturated rings. The van der Waals surface area contributed by atoms with Crippen LogP contribution in [0, 0.1) is 11.3 Å². The highest BCUT2D eigenvalue weighted by atomic mass is 28.3. The van der Waals surface area contributed by atoms with Crippen LogP contribution < -0.4 is 5.19 Å². The van der Waals surface area contributed by atoms with Gasteiger partial charge in [0, 0.05) is 0 Å². The van der Waals surface area contributed by atoms with Crippen LogP contribution in [-0.4, -0.2) is 8.07 Å². The molecule has 2 aromatic carbocycles. The molecule has 0 atom stereocenters. The fourth-order valence-corrected chi connectivity index (χ4v) is 5.80. The highest BCUT2D eigenvalue weighted by molar-refractivity contribution is 7.04. The van der Waals surface area contributed by atoms with Gasteiger partial charge >= 0.3 is 0 Å². The van der Waals surface area contributed by atoms with Gasteiger partial charge in [0.2, 0.25) is 0 Å². The van der Waals surface area contributed by atoms with Gasteiger partial charge in [0.15, 0.2) is 0 Å². The molecule has 0 aliphatic heterocycles. The van der Waals surface area contributed by atoms with Crippen molar-refractivity contribution in [1.82, 2.24) is 0 Å². The van der Waals surface area contributed by atoms with E-state index in [0.717, 1.165) is 12.0 Å². The van der Waals surface area contributed by atoms with Crippen molar-refractivity contribution in [1.29, 1.82) is 5.26 Å². The molecule has 0 aromatic heterocycles. The fourth-order valence-electron chi connectivity index (χ4n) is 2.92. The standard InChI is InChI=1S/C21H25NSi/c1-4-5-7-12-21(19-15-13-18(17-22)14-16-19)23(2,3)20-10-8-6-9-11-20/h6,8-16H,4-5,7H2,1-3H3/b21-12+. The van der Waals surface area contributed by atoms with Gasteiger partial charge in [0.05, 0.1) is 11.6 Å². The van der Waals surface area contributed by atoms with Crippen molar-refractivity contribution in [2.24, 2.45) is 0 Å². The molecule has 0 saturated heterocycles. The van der Waals surface area contributed by atoms with Crippen LogP contribution in [0.2, 0.25) is 13.1 Å². The summed E-state index contributed by atoms with van der Waals surface area (Å²) in [6.45, 7) is 7.06. The molecule has 0 heterocycles. The molecule has 0 radical (unpaired) electrons. The Morgan fingerprint density at radius 3 is 2.26 bits per heavy atom. The molecule has 2 heteroatoms. The van der Waals surface area contributed by atoms with Crippen molar-refractivity contribution in [3.05, 3.63) is 71.8 Å². The molecule has 0 N–H and O–H groups in total. The molecule has 0 saturated carbocycles. The zero-order valence-electron chi connectivity index (χ0n) is 14.3.